The van der Waals surface area contributed by atoms with Crippen LogP contribution in [-0.2, 0) is 131 Å². The highest BCUT2D eigenvalue weighted by Crippen LogP contribution is 1.90. The van der Waals surface area contributed by atoms with Crippen LogP contribution in [0.3, 0.4) is 0 Å². The van der Waals surface area contributed by atoms with Crippen LogP contribution in [0.5, 0.6) is 0 Å². The van der Waals surface area contributed by atoms with Gasteiger partial charge in [-0.25, -0.2) is 0 Å². The normalized spacial score (nSPS) is 7.97. The summed E-state index contributed by atoms with van der Waals surface area (Å²) in [5.74, 6) is -0.853. The van der Waals surface area contributed by atoms with Crippen LogP contribution < -0.4 is 0 Å². The Morgan fingerprint density at radius 1 is 0.800 bits per heavy atom. The number of carbonyl (C=O) groups excluding carboxylic acids is 3. The minimum atomic E-state index is -0.456. The number of hydrogen-bond donors (Lipinski definition) is 1. The number of ether oxygens (including phenoxy) is 2. The molecule has 0 saturated heterocycles. The van der Waals surface area contributed by atoms with Gasteiger partial charge in [-0.15, -0.1) is 6.58 Å². The van der Waals surface area contributed by atoms with Gasteiger partial charge in [0.25, 0.3) is 0 Å². The second-order valence-electron chi connectivity index (χ2n) is 3.70. The van der Waals surface area contributed by atoms with Crippen LogP contribution in [0.25, 0.3) is 0 Å². The average molecular weight is 625 g/mol. The van der Waals surface area contributed by atoms with Crippen LogP contribution in [0.2, 0.25) is 0 Å². The molecule has 0 rings (SSSR count). The molecule has 0 saturated carbocycles. The zero-order valence-electron chi connectivity index (χ0n) is 15.7. The summed E-state index contributed by atoms with van der Waals surface area (Å²) in [6, 6.07) is 0. The summed E-state index contributed by atoms with van der Waals surface area (Å²) in [4.78, 5) is 31.1. The first-order valence-corrected chi connectivity index (χ1v) is 19.0. The third kappa shape index (κ3) is 46.6. The van der Waals surface area contributed by atoms with Crippen molar-refractivity contribution in [3.8, 4) is 0 Å². The van der Waals surface area contributed by atoms with Gasteiger partial charge in [-0.2, -0.15) is 0 Å². The Morgan fingerprint density at radius 3 is 1.47 bits per heavy atom. The van der Waals surface area contributed by atoms with Gasteiger partial charge >= 0.3 is 11.9 Å². The lowest BCUT2D eigenvalue weighted by Gasteiger charge is -1.91. The highest BCUT2D eigenvalue weighted by molar-refractivity contribution is 8.64. The van der Waals surface area contributed by atoms with Crippen molar-refractivity contribution in [1.29, 1.82) is 0 Å². The first-order valence-electron chi connectivity index (χ1n) is 7.03. The lowest BCUT2D eigenvalue weighted by atomic mass is 10.2. The number of aliphatic hydroxyl groups excluding tert-OH is 1. The van der Waals surface area contributed by atoms with E-state index in [2.05, 4.69) is 60.8 Å². The summed E-state index contributed by atoms with van der Waals surface area (Å²) < 4.78 is 8.64. The molecule has 0 amide bonds. The molecule has 1 N–H and O–H groups in total. The summed E-state index contributed by atoms with van der Waals surface area (Å²) in [5.41, 5.74) is 0. The van der Waals surface area contributed by atoms with E-state index in [0.717, 1.165) is 0 Å². The number of rotatable bonds is 7. The number of Topliss-reactive ketones (excluding diaryl/α,β-unsaturated/α-hetero) is 1. The molecule has 0 bridgehead atoms. The smallest absolute Gasteiger partial charge is 0.309 e. The van der Waals surface area contributed by atoms with Gasteiger partial charge in [-0.05, 0) is 0 Å². The lowest BCUT2D eigenvalue weighted by Crippen LogP contribution is -2.01. The highest BCUT2D eigenvalue weighted by atomic mass is 33.3. The number of allylic oxidation sites excluding steroid dienone is 1. The average Bonchev–Trinajstić information content (AvgIpc) is 2.76. The number of hydrogen-bond acceptors (Lipinski definition) is 10. The van der Waals surface area contributed by atoms with Crippen molar-refractivity contribution < 1.29 is 29.0 Å². The van der Waals surface area contributed by atoms with Gasteiger partial charge in [0.05, 0.1) is 27.1 Å². The molecule has 0 aromatic rings. The Hall–Kier alpha value is 0.470. The molecule has 0 aliphatic rings. The van der Waals surface area contributed by atoms with Crippen LogP contribution in [0.4, 0.5) is 0 Å². The van der Waals surface area contributed by atoms with E-state index in [4.69, 9.17) is 5.11 Å². The summed E-state index contributed by atoms with van der Waals surface area (Å²) in [7, 11) is 12.2. The second kappa shape index (κ2) is 36.8. The number of ketones is 1. The predicted octanol–water partition coefficient (Wildman–Crippen LogP) is 0.766. The minimum absolute atomic E-state index is 0.160. The van der Waals surface area contributed by atoms with Gasteiger partial charge in [0.1, 0.15) is 6.61 Å². The van der Waals surface area contributed by atoms with Crippen molar-refractivity contribution in [2.45, 2.75) is 19.3 Å². The Morgan fingerprint density at radius 2 is 1.20 bits per heavy atom. The van der Waals surface area contributed by atoms with Gasteiger partial charge in [0.15, 0.2) is 5.78 Å². The monoisotopic (exact) mass is 624 g/mol. The zero-order chi connectivity index (χ0) is 24.0. The second-order valence-corrected chi connectivity index (χ2v) is 16.1. The number of methoxy groups -OCH3 is 2. The molecule has 0 heterocycles. The van der Waals surface area contributed by atoms with Gasteiger partial charge in [0.2, 0.25) is 0 Å². The molecule has 0 atom stereocenters. The molecular formula is C13H20O6S11. The van der Waals surface area contributed by atoms with Crippen molar-refractivity contribution in [3.05, 3.63) is 24.8 Å². The van der Waals surface area contributed by atoms with Gasteiger partial charge in [-0.3, -0.25) is 14.4 Å². The van der Waals surface area contributed by atoms with E-state index in [1.165, 1.54) is 88.5 Å². The molecule has 0 radical (unpaired) electrons. The summed E-state index contributed by atoms with van der Waals surface area (Å²) >= 11 is 17.9. The molecule has 174 valence electrons. The molecule has 0 aromatic heterocycles. The minimum Gasteiger partial charge on any atom is -0.469 e. The molecule has 0 fully saturated rings. The molecule has 0 aliphatic heterocycles. The number of esters is 2. The lowest BCUT2D eigenvalue weighted by molar-refractivity contribution is -0.140. The van der Waals surface area contributed by atoms with E-state index in [0.29, 0.717) is 6.42 Å². The first-order chi connectivity index (χ1) is 14.3. The fourth-order valence-corrected chi connectivity index (χ4v) is 9.01. The van der Waals surface area contributed by atoms with Crippen molar-refractivity contribution in [1.82, 2.24) is 0 Å². The highest BCUT2D eigenvalue weighted by Gasteiger charge is 1.96. The third-order valence-corrected chi connectivity index (χ3v) is 13.0. The van der Waals surface area contributed by atoms with Crippen molar-refractivity contribution in [3.63, 3.8) is 0 Å². The fraction of sp³-hybridized carbons (Fsp3) is 0.462. The molecule has 30 heavy (non-hydrogen) atoms. The maximum Gasteiger partial charge on any atom is 0.309 e. The number of aliphatic hydroxyl groups is 1. The van der Waals surface area contributed by atoms with Crippen molar-refractivity contribution in [2.75, 3.05) is 20.8 Å². The van der Waals surface area contributed by atoms with Gasteiger partial charge in [0, 0.05) is 113 Å². The van der Waals surface area contributed by atoms with E-state index in [1.807, 2.05) is 0 Å². The maximum atomic E-state index is 10.5. The quantitative estimate of drug-likeness (QED) is 0.324. The summed E-state index contributed by atoms with van der Waals surface area (Å²) in [6.07, 6.45) is 5.21. The predicted molar refractivity (Wildman–Crippen MR) is 150 cm³/mol. The van der Waals surface area contributed by atoms with Gasteiger partial charge in [-0.1, -0.05) is 18.2 Å². The largest absolute Gasteiger partial charge is 0.469 e. The van der Waals surface area contributed by atoms with E-state index >= 15 is 0 Å². The Kier molecular flexibility index (Phi) is 46.4. The number of carbonyl (C=O) groups is 3. The van der Waals surface area contributed by atoms with Crippen molar-refractivity contribution in [2.24, 2.45) is 0 Å². The van der Waals surface area contributed by atoms with Crippen LogP contribution in [0.15, 0.2) is 24.8 Å². The standard InChI is InChI=1S/C8H12O4.C5H8O2.S6.S5/c1-12-8(11)5-3-2-4-7(10)6-9;1-3-4-5(6)7-2;1-3-5-6-4-2;1-3-5-4-2/h2-3,9H,4-6H2,1H3;3H,1,4H2,2H3;;/b3-2-;;;. The zero-order valence-corrected chi connectivity index (χ0v) is 24.7. The van der Waals surface area contributed by atoms with Crippen molar-refractivity contribution >= 4 is 125 Å². The molecule has 0 unspecified atom stereocenters. The van der Waals surface area contributed by atoms with E-state index in [-0.39, 0.29) is 30.6 Å². The summed E-state index contributed by atoms with van der Waals surface area (Å²) in [5, 5.41) is 8.31. The Balaban J connectivity index is -0.000000161. The molecule has 0 spiro atoms. The molecule has 6 nitrogen and oxygen atoms in total. The fourth-order valence-electron chi connectivity index (χ4n) is 0.777. The molecular weight excluding hydrogens is 605 g/mol. The summed E-state index contributed by atoms with van der Waals surface area (Å²) in [6.45, 7) is 2.89. The van der Waals surface area contributed by atoms with Crippen LogP contribution in [0, 0.1) is 0 Å². The van der Waals surface area contributed by atoms with Crippen LogP contribution in [0.1, 0.15) is 19.3 Å². The van der Waals surface area contributed by atoms with E-state index in [1.54, 1.807) is 6.08 Å². The topological polar surface area (TPSA) is 89.9 Å². The van der Waals surface area contributed by atoms with Crippen LogP contribution in [-0.4, -0.2) is 43.7 Å². The maximum absolute atomic E-state index is 10.5. The Bertz CT molecular complexity index is 763. The molecule has 17 heteroatoms. The molecule has 0 aromatic carbocycles. The SMILES string of the molecule is C=CCC(=O)OC.COC(=O)C/C=C\CC(=O)CO.S=S=S=S=S.S=S=S=S=S=S. The van der Waals surface area contributed by atoms with E-state index < -0.39 is 6.61 Å². The van der Waals surface area contributed by atoms with Gasteiger partial charge < -0.3 is 14.6 Å². The first kappa shape index (κ1) is 37.8. The van der Waals surface area contributed by atoms with E-state index in [9.17, 15) is 14.4 Å². The third-order valence-electron chi connectivity index (χ3n) is 1.88. The van der Waals surface area contributed by atoms with Crippen LogP contribution >= 0.6 is 0 Å². The molecule has 0 aliphatic carbocycles. The Labute approximate surface area is 216 Å².